The Hall–Kier alpha value is -4.44. The highest BCUT2D eigenvalue weighted by molar-refractivity contribution is 5.91. The highest BCUT2D eigenvalue weighted by Crippen LogP contribution is 2.35. The monoisotopic (exact) mass is 504 g/mol. The second-order valence-electron chi connectivity index (χ2n) is 10.1. The third kappa shape index (κ3) is 4.22. The van der Waals surface area contributed by atoms with Gasteiger partial charge in [0.1, 0.15) is 17.5 Å². The SMILES string of the molecule is Cc1ncc(CN2C3CC2CN(c2ccc(-c4nc(Nc5cc(C)[nH]n5)c5ccccc5n4)cn2)C3)cn1. The number of fused-ring (bicyclic) bond motifs is 3. The highest BCUT2D eigenvalue weighted by atomic mass is 15.4. The van der Waals surface area contributed by atoms with Gasteiger partial charge >= 0.3 is 0 Å². The van der Waals surface area contributed by atoms with Gasteiger partial charge in [0.2, 0.25) is 0 Å². The van der Waals surface area contributed by atoms with E-state index in [4.69, 9.17) is 15.0 Å². The molecule has 3 aliphatic heterocycles. The Labute approximate surface area is 220 Å². The van der Waals surface area contributed by atoms with E-state index in [1.54, 1.807) is 0 Å². The first-order valence-corrected chi connectivity index (χ1v) is 12.9. The number of benzene rings is 1. The lowest BCUT2D eigenvalue weighted by atomic mass is 9.87. The number of rotatable bonds is 6. The van der Waals surface area contributed by atoms with Gasteiger partial charge in [0.25, 0.3) is 0 Å². The Balaban J connectivity index is 1.09. The van der Waals surface area contributed by atoms with Crippen molar-refractivity contribution < 1.29 is 0 Å². The number of H-pyrrole nitrogens is 1. The lowest BCUT2D eigenvalue weighted by Gasteiger charge is -2.56. The van der Waals surface area contributed by atoms with Crippen molar-refractivity contribution in [3.8, 4) is 11.4 Å². The summed E-state index contributed by atoms with van der Waals surface area (Å²) in [5.74, 6) is 3.88. The molecule has 3 aliphatic rings. The summed E-state index contributed by atoms with van der Waals surface area (Å²) in [6, 6.07) is 15.1. The van der Waals surface area contributed by atoms with Gasteiger partial charge in [-0.3, -0.25) is 10.00 Å². The minimum Gasteiger partial charge on any atom is -0.353 e. The molecule has 0 aliphatic carbocycles. The van der Waals surface area contributed by atoms with Crippen molar-refractivity contribution in [2.75, 3.05) is 23.3 Å². The van der Waals surface area contributed by atoms with Gasteiger partial charge in [-0.05, 0) is 44.5 Å². The highest BCUT2D eigenvalue weighted by Gasteiger charge is 2.44. The predicted octanol–water partition coefficient (Wildman–Crippen LogP) is 4.03. The second-order valence-corrected chi connectivity index (χ2v) is 10.1. The van der Waals surface area contributed by atoms with Crippen molar-refractivity contribution in [1.29, 1.82) is 0 Å². The van der Waals surface area contributed by atoms with E-state index in [9.17, 15) is 0 Å². The summed E-state index contributed by atoms with van der Waals surface area (Å²) in [6.07, 6.45) is 7.00. The summed E-state index contributed by atoms with van der Waals surface area (Å²) in [5.41, 5.74) is 3.90. The zero-order valence-corrected chi connectivity index (χ0v) is 21.3. The van der Waals surface area contributed by atoms with Gasteiger partial charge in [0, 0.05) is 78.6 Å². The number of nitrogens with one attached hydrogen (secondary N) is 2. The molecule has 1 aromatic carbocycles. The molecule has 4 aromatic heterocycles. The fraction of sp³-hybridized carbons (Fsp3) is 0.286. The molecule has 0 amide bonds. The molecule has 2 unspecified atom stereocenters. The Morgan fingerprint density at radius 2 is 1.76 bits per heavy atom. The van der Waals surface area contributed by atoms with E-state index in [0.717, 1.165) is 65.1 Å². The Bertz CT molecular complexity index is 1580. The summed E-state index contributed by atoms with van der Waals surface area (Å²) < 4.78 is 0. The molecule has 10 heteroatoms. The lowest BCUT2D eigenvalue weighted by molar-refractivity contribution is -0.00884. The molecular weight excluding hydrogens is 476 g/mol. The van der Waals surface area contributed by atoms with Crippen molar-refractivity contribution in [2.24, 2.45) is 0 Å². The second kappa shape index (κ2) is 9.14. The van der Waals surface area contributed by atoms with Crippen LogP contribution >= 0.6 is 0 Å². The van der Waals surface area contributed by atoms with Crippen LogP contribution in [0.3, 0.4) is 0 Å². The zero-order valence-electron chi connectivity index (χ0n) is 21.3. The van der Waals surface area contributed by atoms with Crippen LogP contribution < -0.4 is 10.2 Å². The largest absolute Gasteiger partial charge is 0.353 e. The predicted molar refractivity (Wildman–Crippen MR) is 146 cm³/mol. The number of anilines is 3. The summed E-state index contributed by atoms with van der Waals surface area (Å²) in [6.45, 7) is 6.74. The maximum absolute atomic E-state index is 4.85. The number of aromatic amines is 1. The van der Waals surface area contributed by atoms with Gasteiger partial charge in [-0.2, -0.15) is 5.10 Å². The lowest BCUT2D eigenvalue weighted by Crippen LogP contribution is -2.68. The zero-order chi connectivity index (χ0) is 25.6. The van der Waals surface area contributed by atoms with Crippen molar-refractivity contribution >= 4 is 28.4 Å². The van der Waals surface area contributed by atoms with Gasteiger partial charge in [-0.15, -0.1) is 0 Å². The van der Waals surface area contributed by atoms with Gasteiger partial charge in [-0.1, -0.05) is 12.1 Å². The van der Waals surface area contributed by atoms with Crippen molar-refractivity contribution in [1.82, 2.24) is 40.0 Å². The number of hydrogen-bond acceptors (Lipinski definition) is 9. The van der Waals surface area contributed by atoms with Crippen LogP contribution in [0.25, 0.3) is 22.3 Å². The fourth-order valence-corrected chi connectivity index (χ4v) is 5.45. The molecule has 5 aromatic rings. The van der Waals surface area contributed by atoms with Crippen LogP contribution in [-0.4, -0.2) is 65.2 Å². The van der Waals surface area contributed by atoms with Gasteiger partial charge in [0.15, 0.2) is 11.6 Å². The Kier molecular flexibility index (Phi) is 5.47. The maximum atomic E-state index is 4.85. The summed E-state index contributed by atoms with van der Waals surface area (Å²) in [7, 11) is 0. The number of piperidine rings is 1. The summed E-state index contributed by atoms with van der Waals surface area (Å²) in [5, 5.41) is 11.5. The Morgan fingerprint density at radius 3 is 2.50 bits per heavy atom. The van der Waals surface area contributed by atoms with Crippen LogP contribution in [0.2, 0.25) is 0 Å². The number of para-hydroxylation sites is 1. The van der Waals surface area contributed by atoms with Crippen LogP contribution in [0.1, 0.15) is 23.5 Å². The summed E-state index contributed by atoms with van der Waals surface area (Å²) >= 11 is 0. The fourth-order valence-electron chi connectivity index (χ4n) is 5.45. The first kappa shape index (κ1) is 22.7. The third-order valence-electron chi connectivity index (χ3n) is 7.43. The number of piperazine rings is 1. The van der Waals surface area contributed by atoms with Crippen LogP contribution in [0.15, 0.2) is 61.1 Å². The van der Waals surface area contributed by atoms with Crippen molar-refractivity contribution in [3.63, 3.8) is 0 Å². The molecule has 0 spiro atoms. The molecule has 2 bridgehead atoms. The van der Waals surface area contributed by atoms with Crippen LogP contribution in [-0.2, 0) is 6.54 Å². The van der Waals surface area contributed by atoms with Crippen molar-refractivity contribution in [3.05, 3.63) is 78.1 Å². The van der Waals surface area contributed by atoms with E-state index in [2.05, 4.69) is 47.4 Å². The van der Waals surface area contributed by atoms with E-state index in [1.165, 1.54) is 12.0 Å². The van der Waals surface area contributed by atoms with Gasteiger partial charge < -0.3 is 10.2 Å². The average molecular weight is 505 g/mol. The molecule has 0 radical (unpaired) electrons. The molecule has 190 valence electrons. The van der Waals surface area contributed by atoms with E-state index in [-0.39, 0.29) is 0 Å². The molecule has 8 rings (SSSR count). The minimum atomic E-state index is 0.527. The summed E-state index contributed by atoms with van der Waals surface area (Å²) in [4.78, 5) is 28.1. The molecule has 3 saturated heterocycles. The number of pyridine rings is 1. The number of aromatic nitrogens is 7. The first-order valence-electron chi connectivity index (χ1n) is 12.9. The third-order valence-corrected chi connectivity index (χ3v) is 7.43. The molecule has 7 heterocycles. The number of hydrogen-bond donors (Lipinski definition) is 2. The topological polar surface area (TPSA) is 112 Å². The van der Waals surface area contributed by atoms with E-state index in [1.807, 2.05) is 62.8 Å². The number of aryl methyl sites for hydroxylation is 2. The normalized spacial score (nSPS) is 18.9. The standard InChI is InChI=1S/C28H28N10/c1-17-9-25(36-35-17)33-28-23-5-3-4-6-24(23)32-27(34-28)20-7-8-26(31-13-20)37-15-21-10-22(16-37)38(21)14-19-11-29-18(2)30-12-19/h3-9,11-13,21-22H,10,14-16H2,1-2H3,(H2,32,33,34,35,36). The van der Waals surface area contributed by atoms with Crippen LogP contribution in [0, 0.1) is 13.8 Å². The molecule has 2 N–H and O–H groups in total. The van der Waals surface area contributed by atoms with E-state index >= 15 is 0 Å². The minimum absolute atomic E-state index is 0.527. The number of nitrogens with zero attached hydrogens (tertiary/aromatic N) is 8. The molecule has 2 atom stereocenters. The van der Waals surface area contributed by atoms with E-state index in [0.29, 0.717) is 17.9 Å². The molecule has 10 nitrogen and oxygen atoms in total. The van der Waals surface area contributed by atoms with E-state index < -0.39 is 0 Å². The molecule has 3 fully saturated rings. The molecular formula is C28H28N10. The van der Waals surface area contributed by atoms with Crippen LogP contribution in [0.5, 0.6) is 0 Å². The van der Waals surface area contributed by atoms with Crippen LogP contribution in [0.4, 0.5) is 17.5 Å². The smallest absolute Gasteiger partial charge is 0.163 e. The van der Waals surface area contributed by atoms with Gasteiger partial charge in [0.05, 0.1) is 5.52 Å². The van der Waals surface area contributed by atoms with Crippen molar-refractivity contribution in [2.45, 2.75) is 38.9 Å². The quantitative estimate of drug-likeness (QED) is 0.354. The Morgan fingerprint density at radius 1 is 0.947 bits per heavy atom. The maximum Gasteiger partial charge on any atom is 0.163 e. The molecule has 0 saturated carbocycles. The van der Waals surface area contributed by atoms with Gasteiger partial charge in [-0.25, -0.2) is 24.9 Å². The molecule has 38 heavy (non-hydrogen) atoms. The first-order chi connectivity index (χ1) is 18.6. The average Bonchev–Trinajstić information content (AvgIpc) is 3.37.